The number of halogens is 2. The molecular formula is C24H28Cl2N2O3. The smallest absolute Gasteiger partial charge is 0.251 e. The van der Waals surface area contributed by atoms with E-state index < -0.39 is 0 Å². The highest BCUT2D eigenvalue weighted by molar-refractivity contribution is 6.42. The molecule has 1 amide bonds. The summed E-state index contributed by atoms with van der Waals surface area (Å²) < 4.78 is 11.0. The van der Waals surface area contributed by atoms with E-state index in [2.05, 4.69) is 29.4 Å². The molecule has 4 rings (SSSR count). The van der Waals surface area contributed by atoms with Crippen molar-refractivity contribution in [2.45, 2.75) is 30.7 Å². The summed E-state index contributed by atoms with van der Waals surface area (Å²) in [5.41, 5.74) is 1.88. The molecule has 2 aromatic rings. The predicted molar refractivity (Wildman–Crippen MR) is 124 cm³/mol. The number of methoxy groups -OCH3 is 2. The first-order valence-corrected chi connectivity index (χ1v) is 11.3. The van der Waals surface area contributed by atoms with Gasteiger partial charge < -0.3 is 19.7 Å². The monoisotopic (exact) mass is 462 g/mol. The maximum absolute atomic E-state index is 12.8. The molecule has 1 N–H and O–H groups in total. The third kappa shape index (κ3) is 4.23. The second-order valence-corrected chi connectivity index (χ2v) is 9.51. The molecule has 1 aliphatic heterocycles. The molecule has 1 saturated heterocycles. The van der Waals surface area contributed by atoms with Gasteiger partial charge >= 0.3 is 0 Å². The molecule has 2 aliphatic rings. The van der Waals surface area contributed by atoms with E-state index in [0.717, 1.165) is 43.9 Å². The minimum atomic E-state index is -0.103. The van der Waals surface area contributed by atoms with E-state index in [0.29, 0.717) is 21.5 Å². The van der Waals surface area contributed by atoms with Crippen molar-refractivity contribution in [3.63, 3.8) is 0 Å². The van der Waals surface area contributed by atoms with Crippen LogP contribution in [0.15, 0.2) is 36.4 Å². The van der Waals surface area contributed by atoms with Gasteiger partial charge in [0.2, 0.25) is 0 Å². The van der Waals surface area contributed by atoms with Gasteiger partial charge in [0, 0.05) is 30.1 Å². The van der Waals surface area contributed by atoms with Gasteiger partial charge in [0.05, 0.1) is 24.3 Å². The molecule has 1 saturated carbocycles. The molecule has 2 fully saturated rings. The van der Waals surface area contributed by atoms with E-state index in [4.69, 9.17) is 32.7 Å². The largest absolute Gasteiger partial charge is 0.493 e. The van der Waals surface area contributed by atoms with Crippen molar-refractivity contribution in [2.24, 2.45) is 5.92 Å². The van der Waals surface area contributed by atoms with E-state index in [1.54, 1.807) is 32.4 Å². The molecule has 5 nitrogen and oxygen atoms in total. The first kappa shape index (κ1) is 22.3. The van der Waals surface area contributed by atoms with Crippen LogP contribution in [0.1, 0.15) is 35.2 Å². The van der Waals surface area contributed by atoms with Gasteiger partial charge in [0.1, 0.15) is 0 Å². The summed E-state index contributed by atoms with van der Waals surface area (Å²) in [6.45, 7) is 2.01. The Morgan fingerprint density at radius 1 is 1.10 bits per heavy atom. The third-order valence-electron chi connectivity index (χ3n) is 6.85. The van der Waals surface area contributed by atoms with Crippen LogP contribution in [0.2, 0.25) is 10.0 Å². The quantitative estimate of drug-likeness (QED) is 0.693. The number of carbonyl (C=O) groups is 1. The van der Waals surface area contributed by atoms with Crippen molar-refractivity contribution in [1.29, 1.82) is 0 Å². The Morgan fingerprint density at radius 2 is 1.87 bits per heavy atom. The molecule has 1 heterocycles. The van der Waals surface area contributed by atoms with Crippen LogP contribution >= 0.6 is 23.2 Å². The van der Waals surface area contributed by atoms with E-state index in [1.807, 2.05) is 6.07 Å². The number of amides is 1. The number of hydrogen-bond donors (Lipinski definition) is 1. The van der Waals surface area contributed by atoms with Gasteiger partial charge in [0.15, 0.2) is 11.5 Å². The summed E-state index contributed by atoms with van der Waals surface area (Å²) in [4.78, 5) is 15.2. The Hall–Kier alpha value is -1.95. The number of ether oxygens (including phenoxy) is 2. The van der Waals surface area contributed by atoms with Gasteiger partial charge in [-0.15, -0.1) is 0 Å². The van der Waals surface area contributed by atoms with E-state index in [9.17, 15) is 4.79 Å². The number of benzene rings is 2. The van der Waals surface area contributed by atoms with E-state index in [-0.39, 0.29) is 17.4 Å². The summed E-state index contributed by atoms with van der Waals surface area (Å²) in [5.74, 6) is 1.85. The van der Waals surface area contributed by atoms with Gasteiger partial charge in [-0.3, -0.25) is 4.79 Å². The van der Waals surface area contributed by atoms with Gasteiger partial charge in [0.25, 0.3) is 5.91 Å². The highest BCUT2D eigenvalue weighted by atomic mass is 35.5. The molecule has 0 unspecified atom stereocenters. The Kier molecular flexibility index (Phi) is 6.38. The van der Waals surface area contributed by atoms with Crippen molar-refractivity contribution >= 4 is 29.1 Å². The molecule has 0 aromatic heterocycles. The Bertz CT molecular complexity index is 983. The van der Waals surface area contributed by atoms with Crippen LogP contribution in [0, 0.1) is 5.92 Å². The fourth-order valence-corrected chi connectivity index (χ4v) is 5.66. The molecule has 7 heteroatoms. The first-order chi connectivity index (χ1) is 14.9. The minimum Gasteiger partial charge on any atom is -0.493 e. The van der Waals surface area contributed by atoms with Crippen molar-refractivity contribution < 1.29 is 14.3 Å². The zero-order valence-corrected chi connectivity index (χ0v) is 19.6. The summed E-state index contributed by atoms with van der Waals surface area (Å²) in [7, 11) is 5.50. The second-order valence-electron chi connectivity index (χ2n) is 8.69. The van der Waals surface area contributed by atoms with Crippen molar-refractivity contribution in [3.8, 4) is 11.5 Å². The Morgan fingerprint density at radius 3 is 2.58 bits per heavy atom. The molecular weight excluding hydrogens is 435 g/mol. The maximum atomic E-state index is 12.8. The van der Waals surface area contributed by atoms with Crippen LogP contribution < -0.4 is 14.8 Å². The lowest BCUT2D eigenvalue weighted by Crippen LogP contribution is -2.47. The predicted octanol–water partition coefficient (Wildman–Crippen LogP) is 4.79. The Labute approximate surface area is 193 Å². The van der Waals surface area contributed by atoms with Gasteiger partial charge in [-0.05, 0) is 68.1 Å². The number of carbonyl (C=O) groups excluding carboxylic acids is 1. The number of likely N-dealkylation sites (N-methyl/N-ethyl adjacent to an activating group) is 1. The molecule has 31 heavy (non-hydrogen) atoms. The highest BCUT2D eigenvalue weighted by Crippen LogP contribution is 2.49. The number of hydrogen-bond acceptors (Lipinski definition) is 4. The topological polar surface area (TPSA) is 50.8 Å². The summed E-state index contributed by atoms with van der Waals surface area (Å²) in [6, 6.07) is 11.4. The van der Waals surface area contributed by atoms with Crippen LogP contribution in [0.4, 0.5) is 0 Å². The lowest BCUT2D eigenvalue weighted by Gasteiger charge is -2.43. The van der Waals surface area contributed by atoms with Gasteiger partial charge in [-0.25, -0.2) is 0 Å². The van der Waals surface area contributed by atoms with Crippen LogP contribution in [0.25, 0.3) is 0 Å². The zero-order valence-electron chi connectivity index (χ0n) is 18.1. The normalized spacial score (nSPS) is 25.7. The molecule has 0 bridgehead atoms. The summed E-state index contributed by atoms with van der Waals surface area (Å²) in [6.07, 6.45) is 2.86. The molecule has 2 aromatic carbocycles. The number of rotatable bonds is 5. The van der Waals surface area contributed by atoms with Gasteiger partial charge in [-0.1, -0.05) is 29.3 Å². The van der Waals surface area contributed by atoms with Crippen LogP contribution in [-0.4, -0.2) is 51.2 Å². The molecule has 166 valence electrons. The van der Waals surface area contributed by atoms with Crippen molar-refractivity contribution in [1.82, 2.24) is 10.2 Å². The average Bonchev–Trinajstić information content (AvgIpc) is 3.11. The molecule has 0 radical (unpaired) electrons. The van der Waals surface area contributed by atoms with Gasteiger partial charge in [-0.2, -0.15) is 0 Å². The van der Waals surface area contributed by atoms with E-state index >= 15 is 0 Å². The van der Waals surface area contributed by atoms with Crippen LogP contribution in [0.5, 0.6) is 11.5 Å². The third-order valence-corrected chi connectivity index (χ3v) is 7.59. The molecule has 0 spiro atoms. The summed E-state index contributed by atoms with van der Waals surface area (Å²) in [5, 5.41) is 4.06. The molecule has 1 aliphatic carbocycles. The zero-order chi connectivity index (χ0) is 22.2. The first-order valence-electron chi connectivity index (χ1n) is 10.5. The number of fused-ring (bicyclic) bond motifs is 1. The Balaban J connectivity index is 1.53. The lowest BCUT2D eigenvalue weighted by molar-refractivity contribution is 0.0904. The van der Waals surface area contributed by atoms with Crippen LogP contribution in [-0.2, 0) is 5.41 Å². The number of nitrogens with one attached hydrogen (secondary N) is 1. The fraction of sp³-hybridized carbons (Fsp3) is 0.458. The molecule has 3 atom stereocenters. The SMILES string of the molecule is COc1ccc([C@@]23CC[C@H](NC(=O)c4ccc(Cl)c(Cl)c4)C[C@@H]2CN(C)C3)cc1OC. The lowest BCUT2D eigenvalue weighted by atomic mass is 9.63. The number of likely N-dealkylation sites (tertiary alicyclic amines) is 1. The van der Waals surface area contributed by atoms with E-state index in [1.165, 1.54) is 5.56 Å². The average molecular weight is 463 g/mol. The summed E-state index contributed by atoms with van der Waals surface area (Å²) >= 11 is 12.1. The van der Waals surface area contributed by atoms with Crippen molar-refractivity contribution in [3.05, 3.63) is 57.6 Å². The fourth-order valence-electron chi connectivity index (χ4n) is 5.36. The maximum Gasteiger partial charge on any atom is 0.251 e. The highest BCUT2D eigenvalue weighted by Gasteiger charge is 2.50. The second kappa shape index (κ2) is 8.89. The minimum absolute atomic E-state index is 0.0547. The standard InChI is InChI=1S/C24H28Cl2N2O3/c1-28-13-17-11-18(27-23(29)15-4-6-19(25)20(26)10-15)8-9-24(17,14-28)16-5-7-21(30-2)22(12-16)31-3/h4-7,10,12,17-18H,8-9,11,13-14H2,1-3H3,(H,27,29)/t17-,18+,24+/m1/s1. The van der Waals surface area contributed by atoms with Crippen molar-refractivity contribution in [2.75, 3.05) is 34.4 Å². The number of nitrogens with zero attached hydrogens (tertiary/aromatic N) is 1. The van der Waals surface area contributed by atoms with Crippen LogP contribution in [0.3, 0.4) is 0 Å².